The monoisotopic (exact) mass is 217 g/mol. The van der Waals surface area contributed by atoms with E-state index in [9.17, 15) is 15.0 Å². The minimum atomic E-state index is -1.86. The summed E-state index contributed by atoms with van der Waals surface area (Å²) in [6.45, 7) is 7.31. The number of nitrogens with zero attached hydrogens (tertiary/aromatic N) is 1. The van der Waals surface area contributed by atoms with E-state index in [2.05, 4.69) is 0 Å². The predicted octanol–water partition coefficient (Wildman–Crippen LogP) is 0.828. The first-order valence-corrected chi connectivity index (χ1v) is 5.31. The number of hydrogen-bond donors (Lipinski definition) is 2. The molecule has 90 valence electrons. The van der Waals surface area contributed by atoms with Gasteiger partial charge in [0.2, 0.25) is 5.91 Å². The fourth-order valence-corrected chi connectivity index (χ4v) is 1.44. The average Bonchev–Trinajstić information content (AvgIpc) is 1.99. The van der Waals surface area contributed by atoms with Gasteiger partial charge in [-0.15, -0.1) is 0 Å². The zero-order valence-electron chi connectivity index (χ0n) is 10.3. The minimum Gasteiger partial charge on any atom is -0.353 e. The molecule has 0 saturated carbocycles. The predicted molar refractivity (Wildman–Crippen MR) is 59.1 cm³/mol. The maximum Gasteiger partial charge on any atom is 0.221 e. The lowest BCUT2D eigenvalue weighted by atomic mass is 9.93. The van der Waals surface area contributed by atoms with Gasteiger partial charge < -0.3 is 10.2 Å². The lowest BCUT2D eigenvalue weighted by Gasteiger charge is -2.31. The summed E-state index contributed by atoms with van der Waals surface area (Å²) in [5.74, 6) is -1.46. The molecule has 0 fully saturated rings. The lowest BCUT2D eigenvalue weighted by molar-refractivity contribution is -0.244. The largest absolute Gasteiger partial charge is 0.353 e. The Hall–Kier alpha value is -0.450. The van der Waals surface area contributed by atoms with Crippen LogP contribution in [0.4, 0.5) is 0 Å². The molecule has 4 heteroatoms. The van der Waals surface area contributed by atoms with Crippen molar-refractivity contribution in [3.8, 4) is 0 Å². The molecule has 1 atom stereocenters. The first kappa shape index (κ1) is 14.6. The molecular weight excluding hydrogens is 194 g/mol. The Morgan fingerprint density at radius 3 is 2.13 bits per heavy atom. The quantitative estimate of drug-likeness (QED) is 0.647. The molecule has 0 amide bonds. The van der Waals surface area contributed by atoms with Crippen molar-refractivity contribution in [3.05, 3.63) is 0 Å². The molecule has 0 spiro atoms. The van der Waals surface area contributed by atoms with Crippen molar-refractivity contribution in [2.24, 2.45) is 11.8 Å². The number of ketones is 1. The molecule has 0 aliphatic rings. The van der Waals surface area contributed by atoms with Crippen LogP contribution in [0.5, 0.6) is 0 Å². The average molecular weight is 217 g/mol. The van der Waals surface area contributed by atoms with E-state index in [-0.39, 0.29) is 11.7 Å². The number of rotatable bonds is 6. The van der Waals surface area contributed by atoms with E-state index in [1.807, 2.05) is 13.8 Å². The van der Waals surface area contributed by atoms with Gasteiger partial charge in [-0.2, -0.15) is 0 Å². The summed E-state index contributed by atoms with van der Waals surface area (Å²) in [7, 11) is 1.59. The zero-order valence-corrected chi connectivity index (χ0v) is 10.3. The number of Topliss-reactive ketones (excluding diaryl/α,β-unsaturated/α-hetero) is 1. The van der Waals surface area contributed by atoms with E-state index in [1.54, 1.807) is 14.0 Å². The van der Waals surface area contributed by atoms with Gasteiger partial charge in [0.05, 0.1) is 0 Å². The topological polar surface area (TPSA) is 60.8 Å². The summed E-state index contributed by atoms with van der Waals surface area (Å²) in [6, 6.07) is 0. The smallest absolute Gasteiger partial charge is 0.221 e. The molecule has 0 aromatic rings. The van der Waals surface area contributed by atoms with Gasteiger partial charge in [0.1, 0.15) is 5.78 Å². The van der Waals surface area contributed by atoms with E-state index < -0.39 is 5.91 Å². The van der Waals surface area contributed by atoms with Crippen LogP contribution in [-0.4, -0.2) is 40.4 Å². The van der Waals surface area contributed by atoms with E-state index in [1.165, 1.54) is 11.8 Å². The van der Waals surface area contributed by atoms with Crippen LogP contribution in [0.25, 0.3) is 0 Å². The highest BCUT2D eigenvalue weighted by Gasteiger charge is 2.26. The second-order valence-corrected chi connectivity index (χ2v) is 4.79. The highest BCUT2D eigenvalue weighted by Crippen LogP contribution is 2.16. The maximum atomic E-state index is 11.4. The molecule has 1 unspecified atom stereocenters. The number of carbonyl (C=O) groups excluding carboxylic acids is 1. The third-order valence-electron chi connectivity index (χ3n) is 2.55. The Morgan fingerprint density at radius 1 is 1.40 bits per heavy atom. The molecule has 0 aliphatic heterocycles. The van der Waals surface area contributed by atoms with E-state index >= 15 is 0 Å². The summed E-state index contributed by atoms with van der Waals surface area (Å²) in [6.07, 6.45) is 0.774. The van der Waals surface area contributed by atoms with Gasteiger partial charge >= 0.3 is 0 Å². The summed E-state index contributed by atoms with van der Waals surface area (Å²) in [5, 5.41) is 18.6. The van der Waals surface area contributed by atoms with Crippen LogP contribution >= 0.6 is 0 Å². The van der Waals surface area contributed by atoms with Gasteiger partial charge in [0, 0.05) is 19.4 Å². The molecule has 0 aromatic carbocycles. The fraction of sp³-hybridized carbons (Fsp3) is 0.909. The molecule has 4 nitrogen and oxygen atoms in total. The molecule has 0 radical (unpaired) electrons. The molecule has 0 aromatic heterocycles. The van der Waals surface area contributed by atoms with Crippen molar-refractivity contribution in [1.82, 2.24) is 4.90 Å². The molecule has 0 rings (SSSR count). The summed E-state index contributed by atoms with van der Waals surface area (Å²) >= 11 is 0. The van der Waals surface area contributed by atoms with Gasteiger partial charge in [0.15, 0.2) is 0 Å². The zero-order chi connectivity index (χ0) is 12.2. The van der Waals surface area contributed by atoms with Crippen molar-refractivity contribution in [1.29, 1.82) is 0 Å². The second kappa shape index (κ2) is 5.58. The van der Waals surface area contributed by atoms with Crippen LogP contribution in [-0.2, 0) is 4.79 Å². The van der Waals surface area contributed by atoms with E-state index in [0.717, 1.165) is 6.42 Å². The molecule has 0 bridgehead atoms. The van der Waals surface area contributed by atoms with Gasteiger partial charge in [-0.3, -0.25) is 9.69 Å². The Morgan fingerprint density at radius 2 is 1.87 bits per heavy atom. The molecule has 2 N–H and O–H groups in total. The highest BCUT2D eigenvalue weighted by atomic mass is 16.5. The molecule has 0 aliphatic carbocycles. The normalized spacial score (nSPS) is 14.7. The maximum absolute atomic E-state index is 11.4. The first-order chi connectivity index (χ1) is 6.64. The first-order valence-electron chi connectivity index (χ1n) is 5.31. The summed E-state index contributed by atoms with van der Waals surface area (Å²) in [5.41, 5.74) is 0. The van der Waals surface area contributed by atoms with E-state index in [0.29, 0.717) is 12.5 Å². The van der Waals surface area contributed by atoms with Crippen molar-refractivity contribution in [2.75, 3.05) is 13.6 Å². The highest BCUT2D eigenvalue weighted by molar-refractivity contribution is 5.78. The second-order valence-electron chi connectivity index (χ2n) is 4.79. The molecule has 0 heterocycles. The van der Waals surface area contributed by atoms with Crippen LogP contribution in [0.2, 0.25) is 0 Å². The third kappa shape index (κ3) is 5.87. The number of aliphatic hydroxyl groups is 2. The van der Waals surface area contributed by atoms with Crippen molar-refractivity contribution < 1.29 is 15.0 Å². The summed E-state index contributed by atoms with van der Waals surface area (Å²) in [4.78, 5) is 12.7. The number of carbonyl (C=O) groups is 1. The Balaban J connectivity index is 4.36. The van der Waals surface area contributed by atoms with Gasteiger partial charge in [-0.25, -0.2) is 0 Å². The van der Waals surface area contributed by atoms with Gasteiger partial charge in [-0.05, 0) is 26.3 Å². The van der Waals surface area contributed by atoms with Crippen molar-refractivity contribution in [3.63, 3.8) is 0 Å². The minimum absolute atomic E-state index is 0.0970. The van der Waals surface area contributed by atoms with Gasteiger partial charge in [-0.1, -0.05) is 13.8 Å². The van der Waals surface area contributed by atoms with Gasteiger partial charge in [0.25, 0.3) is 0 Å². The third-order valence-corrected chi connectivity index (χ3v) is 2.55. The van der Waals surface area contributed by atoms with Crippen LogP contribution in [0.3, 0.4) is 0 Å². The summed E-state index contributed by atoms with van der Waals surface area (Å²) < 4.78 is 0. The van der Waals surface area contributed by atoms with Crippen LogP contribution < -0.4 is 0 Å². The lowest BCUT2D eigenvalue weighted by Crippen LogP contribution is -2.46. The van der Waals surface area contributed by atoms with Crippen LogP contribution in [0.1, 0.15) is 34.1 Å². The Kier molecular flexibility index (Phi) is 5.42. The standard InChI is InChI=1S/C11H23NO3/c1-8(2)6-10(9(3)13)7-12(5)11(4,14)15/h8,10,14-15H,6-7H2,1-5H3. The Bertz CT molecular complexity index is 208. The number of hydrogen-bond acceptors (Lipinski definition) is 4. The molecule has 15 heavy (non-hydrogen) atoms. The Labute approximate surface area is 91.9 Å². The van der Waals surface area contributed by atoms with Crippen molar-refractivity contribution in [2.45, 2.75) is 40.0 Å². The van der Waals surface area contributed by atoms with Crippen LogP contribution in [0.15, 0.2) is 0 Å². The molecular formula is C11H23NO3. The fourth-order valence-electron chi connectivity index (χ4n) is 1.44. The van der Waals surface area contributed by atoms with Crippen molar-refractivity contribution >= 4 is 5.78 Å². The SMILES string of the molecule is CC(=O)C(CC(C)C)CN(C)C(C)(O)O. The van der Waals surface area contributed by atoms with E-state index in [4.69, 9.17) is 0 Å². The van der Waals surface area contributed by atoms with Crippen LogP contribution in [0, 0.1) is 11.8 Å². The molecule has 0 saturated heterocycles.